The fourth-order valence-corrected chi connectivity index (χ4v) is 3.79. The first-order valence-electron chi connectivity index (χ1n) is 7.35. The van der Waals surface area contributed by atoms with Crippen molar-refractivity contribution in [2.45, 2.75) is 19.9 Å². The largest absolute Gasteiger partial charge is 0.340 e. The van der Waals surface area contributed by atoms with Crippen molar-refractivity contribution in [1.82, 2.24) is 20.1 Å². The van der Waals surface area contributed by atoms with Crippen molar-refractivity contribution in [3.05, 3.63) is 16.1 Å². The van der Waals surface area contributed by atoms with Crippen molar-refractivity contribution in [1.29, 1.82) is 0 Å². The summed E-state index contributed by atoms with van der Waals surface area (Å²) in [7, 11) is 0. The lowest BCUT2D eigenvalue weighted by atomic mass is 10.1. The molecule has 6 heteroatoms. The Morgan fingerprint density at radius 1 is 1.45 bits per heavy atom. The second kappa shape index (κ2) is 6.20. The number of nitrogens with one attached hydrogen (secondary N) is 1. The molecule has 0 saturated carbocycles. The van der Waals surface area contributed by atoms with Crippen molar-refractivity contribution < 1.29 is 4.79 Å². The lowest BCUT2D eigenvalue weighted by molar-refractivity contribution is -0.136. The Kier molecular flexibility index (Phi) is 4.33. The number of hydrogen-bond acceptors (Lipinski definition) is 5. The van der Waals surface area contributed by atoms with E-state index in [-0.39, 0.29) is 5.92 Å². The van der Waals surface area contributed by atoms with Gasteiger partial charge in [0, 0.05) is 50.3 Å². The number of aromatic nitrogens is 1. The summed E-state index contributed by atoms with van der Waals surface area (Å²) < 4.78 is 0. The van der Waals surface area contributed by atoms with Gasteiger partial charge in [0.2, 0.25) is 5.91 Å². The van der Waals surface area contributed by atoms with E-state index >= 15 is 0 Å². The molecule has 2 fully saturated rings. The number of carbonyl (C=O) groups excluding carboxylic acids is 1. The first-order valence-corrected chi connectivity index (χ1v) is 8.17. The van der Waals surface area contributed by atoms with Gasteiger partial charge in [-0.25, -0.2) is 4.98 Å². The van der Waals surface area contributed by atoms with Gasteiger partial charge in [0.15, 0.2) is 0 Å². The summed E-state index contributed by atoms with van der Waals surface area (Å²) in [6.45, 7) is 8.55. The third kappa shape index (κ3) is 3.19. The Hall–Kier alpha value is -0.980. The van der Waals surface area contributed by atoms with Crippen LogP contribution in [0.5, 0.6) is 0 Å². The van der Waals surface area contributed by atoms with Gasteiger partial charge < -0.3 is 10.2 Å². The average molecular weight is 294 g/mol. The van der Waals surface area contributed by atoms with Gasteiger partial charge in [-0.05, 0) is 19.9 Å². The van der Waals surface area contributed by atoms with Crippen LogP contribution in [0.4, 0.5) is 0 Å². The van der Waals surface area contributed by atoms with Crippen molar-refractivity contribution in [3.8, 4) is 0 Å². The molecule has 2 saturated heterocycles. The summed E-state index contributed by atoms with van der Waals surface area (Å²) in [5, 5.41) is 4.40. The predicted molar refractivity (Wildman–Crippen MR) is 79.7 cm³/mol. The van der Waals surface area contributed by atoms with Gasteiger partial charge in [-0.3, -0.25) is 9.69 Å². The molecule has 0 aliphatic carbocycles. The molecule has 1 aromatic rings. The third-order valence-corrected chi connectivity index (χ3v) is 5.04. The lowest BCUT2D eigenvalue weighted by Crippen LogP contribution is -2.50. The molecule has 5 nitrogen and oxygen atoms in total. The molecule has 2 aliphatic rings. The molecule has 3 heterocycles. The van der Waals surface area contributed by atoms with E-state index in [1.54, 1.807) is 11.3 Å². The fraction of sp³-hybridized carbons (Fsp3) is 0.714. The number of carbonyl (C=O) groups is 1. The monoisotopic (exact) mass is 294 g/mol. The number of amides is 1. The first-order chi connectivity index (χ1) is 9.72. The molecule has 0 spiro atoms. The van der Waals surface area contributed by atoms with Crippen LogP contribution in [-0.4, -0.2) is 60.0 Å². The van der Waals surface area contributed by atoms with E-state index in [0.717, 1.165) is 57.2 Å². The molecule has 1 aromatic heterocycles. The van der Waals surface area contributed by atoms with Gasteiger partial charge in [0.25, 0.3) is 0 Å². The van der Waals surface area contributed by atoms with Gasteiger partial charge in [-0.2, -0.15) is 0 Å². The lowest BCUT2D eigenvalue weighted by Gasteiger charge is -2.35. The van der Waals surface area contributed by atoms with Crippen LogP contribution in [0.1, 0.15) is 16.3 Å². The maximum absolute atomic E-state index is 12.3. The van der Waals surface area contributed by atoms with Gasteiger partial charge in [-0.15, -0.1) is 11.3 Å². The van der Waals surface area contributed by atoms with Crippen LogP contribution < -0.4 is 5.32 Å². The number of hydrogen-bond donors (Lipinski definition) is 1. The number of rotatable bonds is 3. The van der Waals surface area contributed by atoms with Crippen molar-refractivity contribution in [2.75, 3.05) is 39.3 Å². The molecule has 1 unspecified atom stereocenters. The van der Waals surface area contributed by atoms with Crippen LogP contribution in [0.25, 0.3) is 0 Å². The number of thiazole rings is 1. The maximum atomic E-state index is 12.3. The minimum Gasteiger partial charge on any atom is -0.340 e. The number of aryl methyl sites for hydroxylation is 1. The van der Waals surface area contributed by atoms with Gasteiger partial charge >= 0.3 is 0 Å². The average Bonchev–Trinajstić information content (AvgIpc) is 3.11. The Morgan fingerprint density at radius 2 is 2.25 bits per heavy atom. The Bertz CT molecular complexity index is 461. The third-order valence-electron chi connectivity index (χ3n) is 4.14. The van der Waals surface area contributed by atoms with E-state index in [0.29, 0.717) is 5.91 Å². The molecule has 110 valence electrons. The van der Waals surface area contributed by atoms with Crippen molar-refractivity contribution >= 4 is 17.2 Å². The molecule has 3 rings (SSSR count). The summed E-state index contributed by atoms with van der Waals surface area (Å²) in [6, 6.07) is 0. The van der Waals surface area contributed by atoms with Crippen LogP contribution in [0.15, 0.2) is 6.20 Å². The summed E-state index contributed by atoms with van der Waals surface area (Å²) in [4.78, 5) is 22.4. The molecule has 0 radical (unpaired) electrons. The minimum absolute atomic E-state index is 0.214. The highest BCUT2D eigenvalue weighted by Crippen LogP contribution is 2.17. The van der Waals surface area contributed by atoms with Crippen LogP contribution in [0.2, 0.25) is 0 Å². The molecular formula is C14H22N4OS. The van der Waals surface area contributed by atoms with Crippen molar-refractivity contribution in [3.63, 3.8) is 0 Å². The highest BCUT2D eigenvalue weighted by molar-refractivity contribution is 7.11. The maximum Gasteiger partial charge on any atom is 0.227 e. The van der Waals surface area contributed by atoms with Crippen LogP contribution >= 0.6 is 11.3 Å². The molecular weight excluding hydrogens is 272 g/mol. The minimum atomic E-state index is 0.214. The Labute approximate surface area is 124 Å². The summed E-state index contributed by atoms with van der Waals surface area (Å²) in [5.74, 6) is 0.564. The highest BCUT2D eigenvalue weighted by atomic mass is 32.1. The van der Waals surface area contributed by atoms with Crippen molar-refractivity contribution in [2.24, 2.45) is 5.92 Å². The van der Waals surface area contributed by atoms with Crippen LogP contribution in [-0.2, 0) is 11.3 Å². The quantitative estimate of drug-likeness (QED) is 0.892. The molecule has 0 aromatic carbocycles. The van der Waals surface area contributed by atoms with E-state index in [9.17, 15) is 4.79 Å². The van der Waals surface area contributed by atoms with E-state index in [2.05, 4.69) is 15.2 Å². The Balaban J connectivity index is 1.48. The van der Waals surface area contributed by atoms with E-state index in [1.165, 1.54) is 4.88 Å². The number of nitrogens with zero attached hydrogens (tertiary/aromatic N) is 3. The van der Waals surface area contributed by atoms with Gasteiger partial charge in [0.05, 0.1) is 10.9 Å². The second-order valence-electron chi connectivity index (χ2n) is 5.64. The summed E-state index contributed by atoms with van der Waals surface area (Å²) in [6.07, 6.45) is 2.97. The normalized spacial score (nSPS) is 24.2. The zero-order valence-corrected chi connectivity index (χ0v) is 12.8. The standard InChI is InChI=1S/C14H22N4OS/c1-11-16-9-13(20-11)10-17-4-6-18(7-5-17)14(19)12-2-3-15-8-12/h9,12,15H,2-8,10H2,1H3. The predicted octanol–water partition coefficient (Wildman–Crippen LogP) is 0.705. The topological polar surface area (TPSA) is 48.5 Å². The smallest absolute Gasteiger partial charge is 0.227 e. The molecule has 20 heavy (non-hydrogen) atoms. The SMILES string of the molecule is Cc1ncc(CN2CCN(C(=O)C3CCNC3)CC2)s1. The second-order valence-corrected chi connectivity index (χ2v) is 6.96. The summed E-state index contributed by atoms with van der Waals surface area (Å²) >= 11 is 1.77. The zero-order chi connectivity index (χ0) is 13.9. The van der Waals surface area contributed by atoms with E-state index in [4.69, 9.17) is 0 Å². The van der Waals surface area contributed by atoms with Crippen LogP contribution in [0.3, 0.4) is 0 Å². The zero-order valence-electron chi connectivity index (χ0n) is 12.0. The number of piperazine rings is 1. The summed E-state index contributed by atoms with van der Waals surface area (Å²) in [5.41, 5.74) is 0. The van der Waals surface area contributed by atoms with Gasteiger partial charge in [-0.1, -0.05) is 0 Å². The molecule has 1 atom stereocenters. The van der Waals surface area contributed by atoms with E-state index in [1.807, 2.05) is 18.0 Å². The molecule has 1 N–H and O–H groups in total. The highest BCUT2D eigenvalue weighted by Gasteiger charge is 2.29. The van der Waals surface area contributed by atoms with Crippen LogP contribution in [0, 0.1) is 12.8 Å². The van der Waals surface area contributed by atoms with Gasteiger partial charge in [0.1, 0.15) is 0 Å². The first kappa shape index (κ1) is 14.0. The molecule has 0 bridgehead atoms. The van der Waals surface area contributed by atoms with E-state index < -0.39 is 0 Å². The Morgan fingerprint density at radius 3 is 2.85 bits per heavy atom. The molecule has 1 amide bonds. The molecule has 2 aliphatic heterocycles. The fourth-order valence-electron chi connectivity index (χ4n) is 2.95.